The van der Waals surface area contributed by atoms with Gasteiger partial charge in [0.05, 0.1) is 12.0 Å². The summed E-state index contributed by atoms with van der Waals surface area (Å²) in [6.07, 6.45) is 6.92. The summed E-state index contributed by atoms with van der Waals surface area (Å²) in [6, 6.07) is 0. The van der Waals surface area contributed by atoms with Crippen molar-refractivity contribution in [3.05, 3.63) is 29.9 Å². The highest BCUT2D eigenvalue weighted by Gasteiger charge is 2.14. The van der Waals surface area contributed by atoms with Gasteiger partial charge in [-0.15, -0.1) is 0 Å². The van der Waals surface area contributed by atoms with E-state index in [1.54, 1.807) is 0 Å². The van der Waals surface area contributed by atoms with E-state index < -0.39 is 0 Å². The molecule has 0 spiro atoms. The average Bonchev–Trinajstić information content (AvgIpc) is 2.70. The molecule has 1 N–H and O–H groups in total. The van der Waals surface area contributed by atoms with Crippen LogP contribution in [0, 0.1) is 0 Å². The summed E-state index contributed by atoms with van der Waals surface area (Å²) in [4.78, 5) is 4.49. The normalized spacial score (nSPS) is 14.8. The maximum atomic E-state index is 4.49. The molecule has 3 nitrogen and oxygen atoms in total. The molecule has 88 valence electrons. The summed E-state index contributed by atoms with van der Waals surface area (Å²) in [7, 11) is 0. The van der Waals surface area contributed by atoms with Gasteiger partial charge in [-0.3, -0.25) is 0 Å². The summed E-state index contributed by atoms with van der Waals surface area (Å²) in [5.74, 6) is 0. The van der Waals surface area contributed by atoms with Gasteiger partial charge in [-0.05, 0) is 37.8 Å². The maximum Gasteiger partial charge on any atom is 0.0954 e. The predicted octanol–water partition coefficient (Wildman–Crippen LogP) is 1.93. The van der Waals surface area contributed by atoms with Crippen LogP contribution in [0.2, 0.25) is 0 Å². The first-order chi connectivity index (χ1) is 7.81. The van der Waals surface area contributed by atoms with Crippen LogP contribution in [0.25, 0.3) is 0 Å². The topological polar surface area (TPSA) is 29.9 Å². The second kappa shape index (κ2) is 5.30. The van der Waals surface area contributed by atoms with Crippen molar-refractivity contribution in [3.63, 3.8) is 0 Å². The zero-order valence-corrected chi connectivity index (χ0v) is 10.1. The van der Waals surface area contributed by atoms with Crippen LogP contribution in [0.5, 0.6) is 0 Å². The van der Waals surface area contributed by atoms with Gasteiger partial charge in [0.1, 0.15) is 0 Å². The number of hydrogen-bond acceptors (Lipinski definition) is 2. The van der Waals surface area contributed by atoms with Gasteiger partial charge in [-0.1, -0.05) is 13.5 Å². The summed E-state index contributed by atoms with van der Waals surface area (Å²) < 4.78 is 2.27. The largest absolute Gasteiger partial charge is 0.330 e. The molecule has 2 rings (SSSR count). The number of imidazole rings is 1. The minimum absolute atomic E-state index is 0.906. The first-order valence-corrected chi connectivity index (χ1v) is 6.21. The number of aryl methyl sites for hydroxylation is 1. The van der Waals surface area contributed by atoms with Gasteiger partial charge in [0.25, 0.3) is 0 Å². The average molecular weight is 219 g/mol. The summed E-state index contributed by atoms with van der Waals surface area (Å²) in [6.45, 7) is 9.04. The molecule has 0 aliphatic heterocycles. The third kappa shape index (κ3) is 2.53. The van der Waals surface area contributed by atoms with Crippen LogP contribution < -0.4 is 5.32 Å². The number of nitrogens with zero attached hydrogens (tertiary/aromatic N) is 2. The zero-order chi connectivity index (χ0) is 11.4. The molecular weight excluding hydrogens is 198 g/mol. The lowest BCUT2D eigenvalue weighted by Gasteiger charge is -2.15. The molecule has 0 amide bonds. The summed E-state index contributed by atoms with van der Waals surface area (Å²) >= 11 is 0. The monoisotopic (exact) mass is 219 g/mol. The van der Waals surface area contributed by atoms with Gasteiger partial charge in [0, 0.05) is 18.8 Å². The molecule has 0 saturated carbocycles. The SMILES string of the molecule is C=C(CNCC)Cn1cnc2c1CCCC2. The predicted molar refractivity (Wildman–Crippen MR) is 66.6 cm³/mol. The van der Waals surface area contributed by atoms with Crippen molar-refractivity contribution in [2.24, 2.45) is 0 Å². The highest BCUT2D eigenvalue weighted by molar-refractivity contribution is 5.17. The van der Waals surface area contributed by atoms with Crippen molar-refractivity contribution in [1.29, 1.82) is 0 Å². The van der Waals surface area contributed by atoms with Gasteiger partial charge >= 0.3 is 0 Å². The molecular formula is C13H21N3. The molecule has 1 aliphatic rings. The minimum atomic E-state index is 0.906. The third-order valence-corrected chi connectivity index (χ3v) is 3.13. The number of aromatic nitrogens is 2. The van der Waals surface area contributed by atoms with E-state index in [2.05, 4.69) is 28.4 Å². The lowest BCUT2D eigenvalue weighted by Crippen LogP contribution is -2.19. The summed E-state index contributed by atoms with van der Waals surface area (Å²) in [5.41, 5.74) is 3.97. The number of fused-ring (bicyclic) bond motifs is 1. The Morgan fingerprint density at radius 1 is 1.50 bits per heavy atom. The quantitative estimate of drug-likeness (QED) is 0.767. The van der Waals surface area contributed by atoms with Gasteiger partial charge in [-0.25, -0.2) is 4.98 Å². The lowest BCUT2D eigenvalue weighted by atomic mass is 10.0. The number of rotatable bonds is 5. The maximum absolute atomic E-state index is 4.49. The Labute approximate surface area is 97.6 Å². The van der Waals surface area contributed by atoms with E-state index >= 15 is 0 Å². The number of likely N-dealkylation sites (N-methyl/N-ethyl adjacent to an activating group) is 1. The highest BCUT2D eigenvalue weighted by Crippen LogP contribution is 2.20. The molecule has 1 aromatic heterocycles. The van der Waals surface area contributed by atoms with E-state index in [0.29, 0.717) is 0 Å². The Morgan fingerprint density at radius 2 is 2.31 bits per heavy atom. The highest BCUT2D eigenvalue weighted by atomic mass is 15.1. The van der Waals surface area contributed by atoms with E-state index in [9.17, 15) is 0 Å². The van der Waals surface area contributed by atoms with E-state index in [4.69, 9.17) is 0 Å². The Kier molecular flexibility index (Phi) is 3.78. The van der Waals surface area contributed by atoms with Gasteiger partial charge < -0.3 is 9.88 Å². The summed E-state index contributed by atoms with van der Waals surface area (Å²) in [5, 5.41) is 3.31. The molecule has 1 heterocycles. The van der Waals surface area contributed by atoms with Crippen molar-refractivity contribution in [2.75, 3.05) is 13.1 Å². The molecule has 0 unspecified atom stereocenters. The fraction of sp³-hybridized carbons (Fsp3) is 0.615. The lowest BCUT2D eigenvalue weighted by molar-refractivity contribution is 0.618. The van der Waals surface area contributed by atoms with Crippen molar-refractivity contribution < 1.29 is 0 Å². The van der Waals surface area contributed by atoms with Gasteiger partial charge in [-0.2, -0.15) is 0 Å². The van der Waals surface area contributed by atoms with Crippen LogP contribution in [0.15, 0.2) is 18.5 Å². The smallest absolute Gasteiger partial charge is 0.0954 e. The van der Waals surface area contributed by atoms with Crippen molar-refractivity contribution >= 4 is 0 Å². The van der Waals surface area contributed by atoms with Crippen LogP contribution in [-0.2, 0) is 19.4 Å². The zero-order valence-electron chi connectivity index (χ0n) is 10.1. The Bertz CT molecular complexity index is 365. The third-order valence-electron chi connectivity index (χ3n) is 3.13. The fourth-order valence-electron chi connectivity index (χ4n) is 2.27. The molecule has 1 aliphatic carbocycles. The van der Waals surface area contributed by atoms with Crippen LogP contribution in [-0.4, -0.2) is 22.6 Å². The molecule has 0 aromatic carbocycles. The number of hydrogen-bond donors (Lipinski definition) is 1. The van der Waals surface area contributed by atoms with Crippen LogP contribution >= 0.6 is 0 Å². The first kappa shape index (κ1) is 11.4. The molecule has 0 bridgehead atoms. The molecule has 0 radical (unpaired) electrons. The number of nitrogens with one attached hydrogen (secondary N) is 1. The Hall–Kier alpha value is -1.09. The second-order valence-corrected chi connectivity index (χ2v) is 4.50. The van der Waals surface area contributed by atoms with E-state index in [-0.39, 0.29) is 0 Å². The molecule has 0 saturated heterocycles. The molecule has 0 fully saturated rings. The molecule has 0 atom stereocenters. The molecule has 3 heteroatoms. The van der Waals surface area contributed by atoms with Crippen LogP contribution in [0.3, 0.4) is 0 Å². The van der Waals surface area contributed by atoms with Gasteiger partial charge in [0.2, 0.25) is 0 Å². The Morgan fingerprint density at radius 3 is 3.12 bits per heavy atom. The van der Waals surface area contributed by atoms with E-state index in [0.717, 1.165) is 26.1 Å². The van der Waals surface area contributed by atoms with Crippen LogP contribution in [0.1, 0.15) is 31.2 Å². The van der Waals surface area contributed by atoms with Crippen molar-refractivity contribution in [3.8, 4) is 0 Å². The van der Waals surface area contributed by atoms with E-state index in [1.165, 1.54) is 36.2 Å². The Balaban J connectivity index is 1.99. The van der Waals surface area contributed by atoms with Gasteiger partial charge in [0.15, 0.2) is 0 Å². The fourth-order valence-corrected chi connectivity index (χ4v) is 2.27. The van der Waals surface area contributed by atoms with Crippen molar-refractivity contribution in [1.82, 2.24) is 14.9 Å². The second-order valence-electron chi connectivity index (χ2n) is 4.50. The standard InChI is InChI=1S/C13H21N3/c1-3-14-8-11(2)9-16-10-15-12-6-4-5-7-13(12)16/h10,14H,2-9H2,1H3. The molecule has 16 heavy (non-hydrogen) atoms. The van der Waals surface area contributed by atoms with Crippen molar-refractivity contribution in [2.45, 2.75) is 39.2 Å². The van der Waals surface area contributed by atoms with E-state index in [1.807, 2.05) is 6.33 Å². The minimum Gasteiger partial charge on any atom is -0.330 e. The first-order valence-electron chi connectivity index (χ1n) is 6.21. The van der Waals surface area contributed by atoms with Crippen LogP contribution in [0.4, 0.5) is 0 Å². The molecule has 1 aromatic rings.